The molecule has 3 nitrogen and oxygen atoms in total. The van der Waals surface area contributed by atoms with Crippen LogP contribution in [0.3, 0.4) is 0 Å². The maximum atomic E-state index is 11.4. The Morgan fingerprint density at radius 3 is 2.67 bits per heavy atom. The van der Waals surface area contributed by atoms with Gasteiger partial charge in [0.15, 0.2) is 0 Å². The molecule has 0 spiro atoms. The Balaban J connectivity index is 2.41. The Morgan fingerprint density at radius 2 is 2.13 bits per heavy atom. The third kappa shape index (κ3) is 3.82. The first-order valence-corrected chi connectivity index (χ1v) is 5.88. The first-order chi connectivity index (χ1) is 6.94. The van der Waals surface area contributed by atoms with Crippen LogP contribution in [0.25, 0.3) is 0 Å². The van der Waals surface area contributed by atoms with Crippen LogP contribution < -0.4 is 10.6 Å². The lowest BCUT2D eigenvalue weighted by Gasteiger charge is -2.39. The van der Waals surface area contributed by atoms with Crippen molar-refractivity contribution in [3.8, 4) is 0 Å². The molecule has 1 saturated carbocycles. The first-order valence-electron chi connectivity index (χ1n) is 5.88. The van der Waals surface area contributed by atoms with Crippen LogP contribution in [0, 0.1) is 11.3 Å². The number of likely N-dealkylation sites (N-methyl/N-ethyl adjacent to an activating group) is 1. The largest absolute Gasteiger partial charge is 0.352 e. The minimum Gasteiger partial charge on any atom is -0.352 e. The van der Waals surface area contributed by atoms with Crippen molar-refractivity contribution >= 4 is 5.91 Å². The van der Waals surface area contributed by atoms with Crippen molar-refractivity contribution in [1.29, 1.82) is 0 Å². The summed E-state index contributed by atoms with van der Waals surface area (Å²) in [4.78, 5) is 11.4. The van der Waals surface area contributed by atoms with Crippen molar-refractivity contribution in [3.63, 3.8) is 0 Å². The summed E-state index contributed by atoms with van der Waals surface area (Å²) in [5, 5.41) is 5.98. The van der Waals surface area contributed by atoms with Gasteiger partial charge in [-0.15, -0.1) is 0 Å². The zero-order chi connectivity index (χ0) is 11.5. The van der Waals surface area contributed by atoms with Crippen LogP contribution in [0.5, 0.6) is 0 Å². The standard InChI is InChI=1S/C12H24N2O/c1-9-7-12(2,3)6-5-10(9)14-11(15)8-13-4/h9-10,13H,5-8H2,1-4H3,(H,14,15). The summed E-state index contributed by atoms with van der Waals surface area (Å²) in [7, 11) is 1.80. The Bertz CT molecular complexity index is 226. The van der Waals surface area contributed by atoms with Gasteiger partial charge in [-0.3, -0.25) is 4.79 Å². The van der Waals surface area contributed by atoms with Gasteiger partial charge in [-0.05, 0) is 37.6 Å². The monoisotopic (exact) mass is 212 g/mol. The van der Waals surface area contributed by atoms with Gasteiger partial charge in [0, 0.05) is 6.04 Å². The molecule has 0 saturated heterocycles. The molecule has 2 atom stereocenters. The summed E-state index contributed by atoms with van der Waals surface area (Å²) in [5.41, 5.74) is 0.448. The van der Waals surface area contributed by atoms with Crippen molar-refractivity contribution in [3.05, 3.63) is 0 Å². The van der Waals surface area contributed by atoms with Gasteiger partial charge in [-0.2, -0.15) is 0 Å². The van der Waals surface area contributed by atoms with E-state index in [2.05, 4.69) is 31.4 Å². The molecule has 0 heterocycles. The van der Waals surface area contributed by atoms with Crippen LogP contribution in [-0.2, 0) is 4.79 Å². The SMILES string of the molecule is CNCC(=O)NC1CCC(C)(C)CC1C. The fourth-order valence-corrected chi connectivity index (χ4v) is 2.58. The molecule has 0 radical (unpaired) electrons. The lowest BCUT2D eigenvalue weighted by molar-refractivity contribution is -0.121. The summed E-state index contributed by atoms with van der Waals surface area (Å²) < 4.78 is 0. The molecule has 88 valence electrons. The minimum absolute atomic E-state index is 0.119. The van der Waals surface area contributed by atoms with Gasteiger partial charge in [0.2, 0.25) is 5.91 Å². The van der Waals surface area contributed by atoms with Crippen molar-refractivity contribution in [2.75, 3.05) is 13.6 Å². The van der Waals surface area contributed by atoms with Crippen LogP contribution in [0.1, 0.15) is 40.0 Å². The molecule has 1 rings (SSSR count). The first kappa shape index (κ1) is 12.5. The molecule has 0 bridgehead atoms. The fourth-order valence-electron chi connectivity index (χ4n) is 2.58. The molecule has 3 heteroatoms. The molecule has 1 aliphatic carbocycles. The fraction of sp³-hybridized carbons (Fsp3) is 0.917. The average Bonchev–Trinajstić information content (AvgIpc) is 2.10. The van der Waals surface area contributed by atoms with E-state index in [1.165, 1.54) is 12.8 Å². The van der Waals surface area contributed by atoms with E-state index in [0.717, 1.165) is 6.42 Å². The second-order valence-electron chi connectivity index (χ2n) is 5.59. The van der Waals surface area contributed by atoms with Crippen LogP contribution in [0.2, 0.25) is 0 Å². The maximum absolute atomic E-state index is 11.4. The zero-order valence-electron chi connectivity index (χ0n) is 10.4. The van der Waals surface area contributed by atoms with Crippen molar-refractivity contribution in [2.45, 2.75) is 46.1 Å². The van der Waals surface area contributed by atoms with Gasteiger partial charge in [-0.1, -0.05) is 20.8 Å². The Labute approximate surface area is 93.0 Å². The highest BCUT2D eigenvalue weighted by molar-refractivity contribution is 5.78. The molecule has 0 aliphatic heterocycles. The molecule has 0 aromatic heterocycles. The van der Waals surface area contributed by atoms with Crippen LogP contribution >= 0.6 is 0 Å². The quantitative estimate of drug-likeness (QED) is 0.745. The highest BCUT2D eigenvalue weighted by Crippen LogP contribution is 2.38. The van der Waals surface area contributed by atoms with E-state index in [9.17, 15) is 4.79 Å². The lowest BCUT2D eigenvalue weighted by atomic mass is 9.70. The molecule has 0 aromatic rings. The van der Waals surface area contributed by atoms with E-state index >= 15 is 0 Å². The van der Waals surface area contributed by atoms with Gasteiger partial charge in [-0.25, -0.2) is 0 Å². The molecular weight excluding hydrogens is 188 g/mol. The van der Waals surface area contributed by atoms with Gasteiger partial charge >= 0.3 is 0 Å². The van der Waals surface area contributed by atoms with E-state index in [1.807, 2.05) is 0 Å². The van der Waals surface area contributed by atoms with Crippen LogP contribution in [0.4, 0.5) is 0 Å². The Hall–Kier alpha value is -0.570. The molecule has 1 fully saturated rings. The number of hydrogen-bond donors (Lipinski definition) is 2. The normalized spacial score (nSPS) is 29.9. The number of rotatable bonds is 3. The third-order valence-electron chi connectivity index (χ3n) is 3.38. The van der Waals surface area contributed by atoms with Gasteiger partial charge in [0.1, 0.15) is 0 Å². The van der Waals surface area contributed by atoms with Crippen LogP contribution in [0.15, 0.2) is 0 Å². The van der Waals surface area contributed by atoms with Gasteiger partial charge in [0.25, 0.3) is 0 Å². The number of carbonyl (C=O) groups is 1. The third-order valence-corrected chi connectivity index (χ3v) is 3.38. The highest BCUT2D eigenvalue weighted by Gasteiger charge is 2.32. The van der Waals surface area contributed by atoms with Crippen molar-refractivity contribution in [1.82, 2.24) is 10.6 Å². The van der Waals surface area contributed by atoms with E-state index in [1.54, 1.807) is 7.05 Å². The van der Waals surface area contributed by atoms with Crippen molar-refractivity contribution < 1.29 is 4.79 Å². The molecule has 2 unspecified atom stereocenters. The van der Waals surface area contributed by atoms with E-state index in [-0.39, 0.29) is 5.91 Å². The summed E-state index contributed by atoms with van der Waals surface area (Å²) in [5.74, 6) is 0.712. The van der Waals surface area contributed by atoms with E-state index in [4.69, 9.17) is 0 Å². The van der Waals surface area contributed by atoms with Gasteiger partial charge < -0.3 is 10.6 Å². The zero-order valence-corrected chi connectivity index (χ0v) is 10.4. The number of hydrogen-bond acceptors (Lipinski definition) is 2. The smallest absolute Gasteiger partial charge is 0.234 e. The predicted molar refractivity (Wildman–Crippen MR) is 62.7 cm³/mol. The molecule has 1 amide bonds. The number of nitrogens with one attached hydrogen (secondary N) is 2. The molecule has 15 heavy (non-hydrogen) atoms. The van der Waals surface area contributed by atoms with Gasteiger partial charge in [0.05, 0.1) is 6.54 Å². The summed E-state index contributed by atoms with van der Waals surface area (Å²) >= 11 is 0. The maximum Gasteiger partial charge on any atom is 0.234 e. The molecular formula is C12H24N2O. The average molecular weight is 212 g/mol. The summed E-state index contributed by atoms with van der Waals surface area (Å²) in [6.07, 6.45) is 3.53. The van der Waals surface area contributed by atoms with Crippen molar-refractivity contribution in [2.24, 2.45) is 11.3 Å². The second kappa shape index (κ2) is 4.97. The number of amides is 1. The van der Waals surface area contributed by atoms with E-state index in [0.29, 0.717) is 23.9 Å². The highest BCUT2D eigenvalue weighted by atomic mass is 16.1. The molecule has 0 aromatic carbocycles. The molecule has 1 aliphatic rings. The molecule has 2 N–H and O–H groups in total. The second-order valence-corrected chi connectivity index (χ2v) is 5.59. The van der Waals surface area contributed by atoms with Crippen LogP contribution in [-0.4, -0.2) is 25.5 Å². The topological polar surface area (TPSA) is 41.1 Å². The Morgan fingerprint density at radius 1 is 1.47 bits per heavy atom. The Kier molecular flexibility index (Phi) is 4.14. The number of carbonyl (C=O) groups excluding carboxylic acids is 1. The summed E-state index contributed by atoms with van der Waals surface area (Å²) in [6, 6.07) is 0.374. The lowest BCUT2D eigenvalue weighted by Crippen LogP contribution is -2.46. The summed E-state index contributed by atoms with van der Waals surface area (Å²) in [6.45, 7) is 7.29. The minimum atomic E-state index is 0.119. The van der Waals surface area contributed by atoms with E-state index < -0.39 is 0 Å². The predicted octanol–water partition coefficient (Wildman–Crippen LogP) is 1.54.